The van der Waals surface area contributed by atoms with E-state index in [9.17, 15) is 13.2 Å². The lowest BCUT2D eigenvalue weighted by Crippen LogP contribution is -2.42. The molecule has 0 bridgehead atoms. The maximum atomic E-state index is 12.7. The number of carbonyl (C=O) groups is 1. The Morgan fingerprint density at radius 1 is 1.18 bits per heavy atom. The predicted octanol–water partition coefficient (Wildman–Crippen LogP) is 2.20. The first-order valence-electron chi connectivity index (χ1n) is 9.42. The summed E-state index contributed by atoms with van der Waals surface area (Å²) in [4.78, 5) is 17.0. The number of aromatic nitrogens is 1. The number of pyridine rings is 1. The molecule has 1 aromatic heterocycles. The summed E-state index contributed by atoms with van der Waals surface area (Å²) in [6, 6.07) is 12.1. The topological polar surface area (TPSA) is 88.6 Å². The zero-order chi connectivity index (χ0) is 20.0. The zero-order valence-electron chi connectivity index (χ0n) is 15.9. The Bertz CT molecular complexity index is 895. The van der Waals surface area contributed by atoms with E-state index in [0.29, 0.717) is 45.0 Å². The summed E-state index contributed by atoms with van der Waals surface area (Å²) >= 11 is 0. The number of hydrogen-bond donors (Lipinski definition) is 1. The summed E-state index contributed by atoms with van der Waals surface area (Å²) in [6.07, 6.45) is 2.66. The van der Waals surface area contributed by atoms with Gasteiger partial charge < -0.3 is 10.1 Å². The van der Waals surface area contributed by atoms with Gasteiger partial charge in [-0.05, 0) is 38.0 Å². The molecule has 1 amide bonds. The van der Waals surface area contributed by atoms with Crippen molar-refractivity contribution < 1.29 is 17.9 Å². The van der Waals surface area contributed by atoms with Crippen LogP contribution in [-0.2, 0) is 21.4 Å². The van der Waals surface area contributed by atoms with Gasteiger partial charge in [0, 0.05) is 37.3 Å². The zero-order valence-corrected chi connectivity index (χ0v) is 16.7. The quantitative estimate of drug-likeness (QED) is 0.766. The fourth-order valence-corrected chi connectivity index (χ4v) is 4.74. The smallest absolute Gasteiger partial charge is 0.243 e. The monoisotopic (exact) mass is 403 g/mol. The second kappa shape index (κ2) is 9.16. The van der Waals surface area contributed by atoms with Crippen LogP contribution in [-0.4, -0.2) is 43.3 Å². The molecule has 7 nitrogen and oxygen atoms in total. The van der Waals surface area contributed by atoms with Gasteiger partial charge in [-0.1, -0.05) is 24.3 Å². The largest absolute Gasteiger partial charge is 0.478 e. The summed E-state index contributed by atoms with van der Waals surface area (Å²) in [5.41, 5.74) is 0.821. The van der Waals surface area contributed by atoms with Crippen LogP contribution in [0.2, 0.25) is 0 Å². The van der Waals surface area contributed by atoms with E-state index < -0.39 is 10.0 Å². The van der Waals surface area contributed by atoms with Crippen molar-refractivity contribution in [3.05, 3.63) is 54.2 Å². The molecule has 0 saturated carbocycles. The Balaban J connectivity index is 1.54. The van der Waals surface area contributed by atoms with Crippen molar-refractivity contribution in [3.8, 4) is 5.88 Å². The minimum absolute atomic E-state index is 0.0666. The summed E-state index contributed by atoms with van der Waals surface area (Å²) in [6.45, 7) is 3.41. The number of rotatable bonds is 7. The SMILES string of the molecule is CCOc1ncccc1CNC(=O)C1CCN(S(=O)(=O)c2ccccc2)CC1. The lowest BCUT2D eigenvalue weighted by atomic mass is 9.97. The second-order valence-corrected chi connectivity index (χ2v) is 8.55. The van der Waals surface area contributed by atoms with Crippen molar-refractivity contribution in [1.29, 1.82) is 0 Å². The van der Waals surface area contributed by atoms with Gasteiger partial charge in [-0.15, -0.1) is 0 Å². The Morgan fingerprint density at radius 3 is 2.57 bits per heavy atom. The Morgan fingerprint density at radius 2 is 1.89 bits per heavy atom. The van der Waals surface area contributed by atoms with E-state index in [2.05, 4.69) is 10.3 Å². The first-order chi connectivity index (χ1) is 13.5. The molecule has 1 fully saturated rings. The molecule has 28 heavy (non-hydrogen) atoms. The van der Waals surface area contributed by atoms with Crippen molar-refractivity contribution in [2.75, 3.05) is 19.7 Å². The van der Waals surface area contributed by atoms with Gasteiger partial charge in [0.15, 0.2) is 0 Å². The molecule has 0 aliphatic carbocycles. The number of nitrogens with one attached hydrogen (secondary N) is 1. The maximum absolute atomic E-state index is 12.7. The van der Waals surface area contributed by atoms with Gasteiger partial charge in [0.1, 0.15) is 0 Å². The molecular weight excluding hydrogens is 378 g/mol. The first kappa shape index (κ1) is 20.3. The highest BCUT2D eigenvalue weighted by molar-refractivity contribution is 7.89. The van der Waals surface area contributed by atoms with Gasteiger partial charge in [-0.25, -0.2) is 13.4 Å². The lowest BCUT2D eigenvalue weighted by molar-refractivity contribution is -0.126. The van der Waals surface area contributed by atoms with Crippen LogP contribution in [0.1, 0.15) is 25.3 Å². The summed E-state index contributed by atoms with van der Waals surface area (Å²) < 4.78 is 32.3. The van der Waals surface area contributed by atoms with E-state index in [1.165, 1.54) is 4.31 Å². The van der Waals surface area contributed by atoms with Gasteiger partial charge in [0.25, 0.3) is 0 Å². The number of hydrogen-bond acceptors (Lipinski definition) is 5. The van der Waals surface area contributed by atoms with Crippen LogP contribution < -0.4 is 10.1 Å². The molecule has 3 rings (SSSR count). The molecule has 1 aliphatic rings. The third-order valence-corrected chi connectivity index (χ3v) is 6.70. The minimum Gasteiger partial charge on any atom is -0.478 e. The van der Waals surface area contributed by atoms with Gasteiger partial charge in [0.2, 0.25) is 21.8 Å². The lowest BCUT2D eigenvalue weighted by Gasteiger charge is -2.30. The van der Waals surface area contributed by atoms with Crippen molar-refractivity contribution in [2.45, 2.75) is 31.2 Å². The van der Waals surface area contributed by atoms with E-state index in [1.54, 1.807) is 42.6 Å². The molecular formula is C20H25N3O4S. The van der Waals surface area contributed by atoms with E-state index in [0.717, 1.165) is 5.56 Å². The average Bonchev–Trinajstić information content (AvgIpc) is 2.74. The van der Waals surface area contributed by atoms with E-state index >= 15 is 0 Å². The molecule has 0 atom stereocenters. The van der Waals surface area contributed by atoms with Crippen LogP contribution in [0.5, 0.6) is 5.88 Å². The van der Waals surface area contributed by atoms with Crippen LogP contribution in [0.3, 0.4) is 0 Å². The number of ether oxygens (including phenoxy) is 1. The van der Waals surface area contributed by atoms with Crippen LogP contribution in [0.25, 0.3) is 0 Å². The first-order valence-corrected chi connectivity index (χ1v) is 10.9. The fourth-order valence-electron chi connectivity index (χ4n) is 3.25. The number of carbonyl (C=O) groups excluding carboxylic acids is 1. The van der Waals surface area contributed by atoms with E-state index in [1.807, 2.05) is 13.0 Å². The number of amides is 1. The fraction of sp³-hybridized carbons (Fsp3) is 0.400. The van der Waals surface area contributed by atoms with Gasteiger partial charge in [0.05, 0.1) is 11.5 Å². The number of piperidine rings is 1. The molecule has 1 aliphatic heterocycles. The van der Waals surface area contributed by atoms with Gasteiger partial charge in [-0.2, -0.15) is 4.31 Å². The third-order valence-electron chi connectivity index (χ3n) is 4.79. The van der Waals surface area contributed by atoms with Crippen molar-refractivity contribution in [1.82, 2.24) is 14.6 Å². The highest BCUT2D eigenvalue weighted by Gasteiger charge is 2.31. The summed E-state index contributed by atoms with van der Waals surface area (Å²) in [7, 11) is -3.50. The molecule has 8 heteroatoms. The average molecular weight is 404 g/mol. The second-order valence-electron chi connectivity index (χ2n) is 6.61. The molecule has 0 unspecified atom stereocenters. The standard InChI is InChI=1S/C20H25N3O4S/c1-2-27-20-17(7-6-12-21-20)15-22-19(24)16-10-13-23(14-11-16)28(25,26)18-8-4-3-5-9-18/h3-9,12,16H,2,10-11,13-15H2,1H3,(H,22,24). The van der Waals surface area contributed by atoms with Crippen LogP contribution in [0.15, 0.2) is 53.6 Å². The van der Waals surface area contributed by atoms with Crippen molar-refractivity contribution in [3.63, 3.8) is 0 Å². The number of nitrogens with zero attached hydrogens (tertiary/aromatic N) is 2. The molecule has 150 valence electrons. The molecule has 0 radical (unpaired) electrons. The van der Waals surface area contributed by atoms with Crippen LogP contribution >= 0.6 is 0 Å². The van der Waals surface area contributed by atoms with Gasteiger partial charge in [-0.3, -0.25) is 4.79 Å². The van der Waals surface area contributed by atoms with Crippen molar-refractivity contribution in [2.24, 2.45) is 5.92 Å². The molecule has 2 heterocycles. The Labute approximate surface area is 165 Å². The summed E-state index contributed by atoms with van der Waals surface area (Å²) in [5, 5.41) is 2.93. The van der Waals surface area contributed by atoms with Crippen LogP contribution in [0, 0.1) is 5.92 Å². The van der Waals surface area contributed by atoms with E-state index in [4.69, 9.17) is 4.74 Å². The predicted molar refractivity (Wildman–Crippen MR) is 105 cm³/mol. The highest BCUT2D eigenvalue weighted by Crippen LogP contribution is 2.24. The van der Waals surface area contributed by atoms with Crippen molar-refractivity contribution >= 4 is 15.9 Å². The van der Waals surface area contributed by atoms with E-state index in [-0.39, 0.29) is 16.7 Å². The normalized spacial score (nSPS) is 15.9. The molecule has 1 aromatic carbocycles. The Hall–Kier alpha value is -2.45. The number of sulfonamides is 1. The Kier molecular flexibility index (Phi) is 6.64. The van der Waals surface area contributed by atoms with Gasteiger partial charge >= 0.3 is 0 Å². The van der Waals surface area contributed by atoms with Crippen LogP contribution in [0.4, 0.5) is 0 Å². The highest BCUT2D eigenvalue weighted by atomic mass is 32.2. The summed E-state index contributed by atoms with van der Waals surface area (Å²) in [5.74, 6) is 0.256. The number of benzene rings is 1. The molecule has 1 saturated heterocycles. The molecule has 1 N–H and O–H groups in total. The minimum atomic E-state index is -3.50. The molecule has 2 aromatic rings. The maximum Gasteiger partial charge on any atom is 0.243 e. The molecule has 0 spiro atoms. The third kappa shape index (κ3) is 4.69.